The highest BCUT2D eigenvalue weighted by atomic mass is 16.6. The summed E-state index contributed by atoms with van der Waals surface area (Å²) in [6.07, 6.45) is -0.191. The van der Waals surface area contributed by atoms with Crippen molar-refractivity contribution in [3.8, 4) is 0 Å². The molecule has 2 aromatic rings. The number of hydrogen-bond donors (Lipinski definition) is 3. The Morgan fingerprint density at radius 1 is 0.966 bits per heavy atom. The Kier molecular flexibility index (Phi) is 8.45. The molecule has 0 saturated heterocycles. The van der Waals surface area contributed by atoms with Gasteiger partial charge in [0.1, 0.15) is 6.61 Å². The van der Waals surface area contributed by atoms with Gasteiger partial charge in [-0.2, -0.15) is 0 Å². The fourth-order valence-electron chi connectivity index (χ4n) is 2.53. The summed E-state index contributed by atoms with van der Waals surface area (Å²) in [7, 11) is 5.54. The molecule has 156 valence electrons. The van der Waals surface area contributed by atoms with Crippen molar-refractivity contribution in [3.05, 3.63) is 59.7 Å². The average Bonchev–Trinajstić information content (AvgIpc) is 2.72. The Morgan fingerprint density at radius 3 is 2.17 bits per heavy atom. The first kappa shape index (κ1) is 22.2. The lowest BCUT2D eigenvalue weighted by Gasteiger charge is -2.17. The highest BCUT2D eigenvalue weighted by Gasteiger charge is 2.13. The van der Waals surface area contributed by atoms with Crippen LogP contribution in [0.5, 0.6) is 0 Å². The van der Waals surface area contributed by atoms with Crippen LogP contribution in [0, 0.1) is 0 Å². The summed E-state index contributed by atoms with van der Waals surface area (Å²) in [4.78, 5) is 27.6. The number of carbonyl (C=O) groups excluding carboxylic acids is 2. The molecular weight excluding hydrogens is 372 g/mol. The highest BCUT2D eigenvalue weighted by molar-refractivity contribution is 5.87. The van der Waals surface area contributed by atoms with Gasteiger partial charge in [-0.3, -0.25) is 20.4 Å². The fraction of sp³-hybridized carbons (Fsp3) is 0.333. The summed E-state index contributed by atoms with van der Waals surface area (Å²) >= 11 is 0. The Bertz CT molecular complexity index is 791. The van der Waals surface area contributed by atoms with Crippen LogP contribution in [0.3, 0.4) is 0 Å². The van der Waals surface area contributed by atoms with Crippen LogP contribution >= 0.6 is 0 Å². The van der Waals surface area contributed by atoms with Gasteiger partial charge in [-0.15, -0.1) is 0 Å². The van der Waals surface area contributed by atoms with Crippen molar-refractivity contribution in [1.82, 2.24) is 10.2 Å². The SMILES string of the molecule is CN(C)CCNC(=O)Cc1ccc(N(C)C(=O)OCc2ccc(NO)cc2)cc1. The average molecular weight is 400 g/mol. The molecule has 0 fully saturated rings. The number of nitrogens with zero attached hydrogens (tertiary/aromatic N) is 2. The van der Waals surface area contributed by atoms with E-state index in [0.717, 1.165) is 17.7 Å². The molecule has 8 nitrogen and oxygen atoms in total. The number of amides is 2. The van der Waals surface area contributed by atoms with Gasteiger partial charge in [0.2, 0.25) is 5.91 Å². The Hall–Kier alpha value is -3.10. The van der Waals surface area contributed by atoms with Gasteiger partial charge in [0.25, 0.3) is 0 Å². The minimum absolute atomic E-state index is 0.0326. The van der Waals surface area contributed by atoms with Crippen LogP contribution in [0.15, 0.2) is 48.5 Å². The zero-order valence-electron chi connectivity index (χ0n) is 17.0. The first-order valence-corrected chi connectivity index (χ1v) is 9.29. The number of carbonyl (C=O) groups is 2. The molecule has 29 heavy (non-hydrogen) atoms. The van der Waals surface area contributed by atoms with Crippen molar-refractivity contribution >= 4 is 23.4 Å². The van der Waals surface area contributed by atoms with Crippen molar-refractivity contribution in [2.45, 2.75) is 13.0 Å². The number of nitrogens with one attached hydrogen (secondary N) is 2. The van der Waals surface area contributed by atoms with E-state index >= 15 is 0 Å². The van der Waals surface area contributed by atoms with Crippen LogP contribution in [-0.2, 0) is 22.6 Å². The van der Waals surface area contributed by atoms with E-state index in [1.165, 1.54) is 4.90 Å². The van der Waals surface area contributed by atoms with Crippen LogP contribution in [0.2, 0.25) is 0 Å². The van der Waals surface area contributed by atoms with E-state index in [0.29, 0.717) is 24.3 Å². The quantitative estimate of drug-likeness (QED) is 0.560. The molecule has 0 heterocycles. The van der Waals surface area contributed by atoms with Crippen molar-refractivity contribution in [1.29, 1.82) is 0 Å². The number of hydrogen-bond acceptors (Lipinski definition) is 6. The predicted molar refractivity (Wildman–Crippen MR) is 112 cm³/mol. The van der Waals surface area contributed by atoms with E-state index < -0.39 is 6.09 Å². The normalized spacial score (nSPS) is 10.5. The Balaban J connectivity index is 1.82. The highest BCUT2D eigenvalue weighted by Crippen LogP contribution is 2.16. The first-order chi connectivity index (χ1) is 13.9. The minimum Gasteiger partial charge on any atom is -0.444 e. The van der Waals surface area contributed by atoms with Crippen molar-refractivity contribution in [2.24, 2.45) is 0 Å². The summed E-state index contributed by atoms with van der Waals surface area (Å²) in [6.45, 7) is 1.53. The second kappa shape index (κ2) is 11.0. The molecule has 3 N–H and O–H groups in total. The lowest BCUT2D eigenvalue weighted by molar-refractivity contribution is -0.120. The minimum atomic E-state index is -0.483. The maximum atomic E-state index is 12.3. The van der Waals surface area contributed by atoms with Crippen LogP contribution in [-0.4, -0.2) is 56.3 Å². The third-order valence-electron chi connectivity index (χ3n) is 4.29. The molecule has 2 rings (SSSR count). The summed E-state index contributed by atoms with van der Waals surface area (Å²) in [6, 6.07) is 14.1. The summed E-state index contributed by atoms with van der Waals surface area (Å²) in [5.41, 5.74) is 4.96. The molecule has 0 bridgehead atoms. The molecule has 0 radical (unpaired) electrons. The second-order valence-electron chi connectivity index (χ2n) is 6.92. The zero-order chi connectivity index (χ0) is 21.2. The van der Waals surface area contributed by atoms with Gasteiger partial charge in [-0.05, 0) is 49.5 Å². The number of benzene rings is 2. The third-order valence-corrected chi connectivity index (χ3v) is 4.29. The van der Waals surface area contributed by atoms with Crippen molar-refractivity contribution in [2.75, 3.05) is 44.6 Å². The van der Waals surface area contributed by atoms with E-state index in [4.69, 9.17) is 9.94 Å². The van der Waals surface area contributed by atoms with Gasteiger partial charge in [0.05, 0.1) is 12.1 Å². The molecule has 0 saturated carbocycles. The molecular formula is C21H28N4O4. The summed E-state index contributed by atoms with van der Waals surface area (Å²) in [5, 5.41) is 11.7. The molecule has 2 aromatic carbocycles. The number of anilines is 2. The summed E-state index contributed by atoms with van der Waals surface area (Å²) < 4.78 is 5.31. The smallest absolute Gasteiger partial charge is 0.414 e. The maximum Gasteiger partial charge on any atom is 0.414 e. The predicted octanol–water partition coefficient (Wildman–Crippen LogP) is 2.48. The van der Waals surface area contributed by atoms with E-state index in [-0.39, 0.29) is 12.5 Å². The Labute approximate surface area is 171 Å². The molecule has 0 aliphatic carbocycles. The van der Waals surface area contributed by atoms with Gasteiger partial charge in [-0.25, -0.2) is 4.79 Å². The molecule has 2 amide bonds. The van der Waals surface area contributed by atoms with Crippen LogP contribution < -0.4 is 15.7 Å². The number of rotatable bonds is 9. The number of ether oxygens (including phenoxy) is 1. The van der Waals surface area contributed by atoms with Gasteiger partial charge < -0.3 is 15.0 Å². The van der Waals surface area contributed by atoms with Gasteiger partial charge in [0.15, 0.2) is 0 Å². The largest absolute Gasteiger partial charge is 0.444 e. The fourth-order valence-corrected chi connectivity index (χ4v) is 2.53. The lowest BCUT2D eigenvalue weighted by atomic mass is 10.1. The molecule has 8 heteroatoms. The number of likely N-dealkylation sites (N-methyl/N-ethyl adjacent to an activating group) is 1. The summed E-state index contributed by atoms with van der Waals surface area (Å²) in [5.74, 6) is -0.0326. The lowest BCUT2D eigenvalue weighted by Crippen LogP contribution is -2.32. The molecule has 0 aromatic heterocycles. The second-order valence-corrected chi connectivity index (χ2v) is 6.92. The molecule has 0 aliphatic heterocycles. The van der Waals surface area contributed by atoms with Gasteiger partial charge in [0, 0.05) is 25.8 Å². The molecule has 0 unspecified atom stereocenters. The zero-order valence-corrected chi connectivity index (χ0v) is 17.0. The maximum absolute atomic E-state index is 12.3. The first-order valence-electron chi connectivity index (χ1n) is 9.29. The Morgan fingerprint density at radius 2 is 1.59 bits per heavy atom. The standard InChI is InChI=1S/C21H28N4O4/c1-24(2)13-12-22-20(26)14-16-6-10-19(11-7-16)25(3)21(27)29-15-17-4-8-18(23-28)9-5-17/h4-11,23,28H,12-15H2,1-3H3,(H,22,26). The van der Waals surface area contributed by atoms with E-state index in [2.05, 4.69) is 5.32 Å². The van der Waals surface area contributed by atoms with Crippen LogP contribution in [0.1, 0.15) is 11.1 Å². The third kappa shape index (κ3) is 7.44. The van der Waals surface area contributed by atoms with Crippen molar-refractivity contribution < 1.29 is 19.5 Å². The monoisotopic (exact) mass is 400 g/mol. The van der Waals surface area contributed by atoms with E-state index in [1.54, 1.807) is 43.4 Å². The van der Waals surface area contributed by atoms with E-state index in [1.807, 2.05) is 36.6 Å². The van der Waals surface area contributed by atoms with Crippen LogP contribution in [0.4, 0.5) is 16.2 Å². The molecule has 0 spiro atoms. The van der Waals surface area contributed by atoms with Gasteiger partial charge in [-0.1, -0.05) is 24.3 Å². The molecule has 0 aliphatic rings. The molecule has 0 atom stereocenters. The van der Waals surface area contributed by atoms with Crippen LogP contribution in [0.25, 0.3) is 0 Å². The topological polar surface area (TPSA) is 94.1 Å². The van der Waals surface area contributed by atoms with Gasteiger partial charge >= 0.3 is 6.09 Å². The van der Waals surface area contributed by atoms with E-state index in [9.17, 15) is 9.59 Å². The van der Waals surface area contributed by atoms with Crippen molar-refractivity contribution in [3.63, 3.8) is 0 Å².